The van der Waals surface area contributed by atoms with Crippen molar-refractivity contribution in [2.24, 2.45) is 0 Å². The van der Waals surface area contributed by atoms with Gasteiger partial charge in [0.2, 0.25) is 5.75 Å². The van der Waals surface area contributed by atoms with Gasteiger partial charge in [0.15, 0.2) is 11.5 Å². The van der Waals surface area contributed by atoms with Crippen LogP contribution in [0.5, 0.6) is 17.2 Å². The van der Waals surface area contributed by atoms with E-state index in [1.54, 1.807) is 31.2 Å². The van der Waals surface area contributed by atoms with E-state index in [0.29, 0.717) is 34.0 Å². The van der Waals surface area contributed by atoms with Crippen LogP contribution in [0.3, 0.4) is 0 Å². The zero-order valence-electron chi connectivity index (χ0n) is 20.9. The second-order valence-electron chi connectivity index (χ2n) is 8.11. The molecule has 0 aliphatic rings. The fourth-order valence-electron chi connectivity index (χ4n) is 3.57. The Balaban J connectivity index is 2.07. The summed E-state index contributed by atoms with van der Waals surface area (Å²) in [6, 6.07) is 13.1. The number of nitro benzene ring substituents is 1. The summed E-state index contributed by atoms with van der Waals surface area (Å²) in [5.74, 6) is -1.06. The highest BCUT2D eigenvalue weighted by molar-refractivity contribution is 6.31. The molecule has 0 aliphatic carbocycles. The SMILES string of the molecule is C=CCc1cc(/C=C(\C#N)C(=O)Nc2cccc(Cl)c2)cc(OCC)c1Oc1ccc(C(F)(F)F)cc1[N+](=O)[O-]. The molecule has 3 aromatic rings. The van der Waals surface area contributed by atoms with Gasteiger partial charge >= 0.3 is 11.9 Å². The number of anilines is 1. The highest BCUT2D eigenvalue weighted by atomic mass is 35.5. The Morgan fingerprint density at radius 1 is 1.20 bits per heavy atom. The van der Waals surface area contributed by atoms with E-state index in [4.69, 9.17) is 21.1 Å². The number of benzene rings is 3. The zero-order valence-corrected chi connectivity index (χ0v) is 21.7. The lowest BCUT2D eigenvalue weighted by atomic mass is 10.0. The number of allylic oxidation sites excluding steroid dienone is 1. The van der Waals surface area contributed by atoms with Gasteiger partial charge in [-0.2, -0.15) is 18.4 Å². The Kier molecular flexibility index (Phi) is 9.53. The smallest absolute Gasteiger partial charge is 0.416 e. The molecule has 3 aromatic carbocycles. The molecule has 0 saturated carbocycles. The van der Waals surface area contributed by atoms with Crippen molar-refractivity contribution in [1.82, 2.24) is 0 Å². The summed E-state index contributed by atoms with van der Waals surface area (Å²) in [6.07, 6.45) is -1.83. The first-order valence-corrected chi connectivity index (χ1v) is 12.0. The van der Waals surface area contributed by atoms with E-state index in [9.17, 15) is 33.3 Å². The number of rotatable bonds is 10. The van der Waals surface area contributed by atoms with Crippen LogP contribution in [0.25, 0.3) is 6.08 Å². The lowest BCUT2D eigenvalue weighted by Crippen LogP contribution is -2.13. The van der Waals surface area contributed by atoms with Crippen molar-refractivity contribution in [3.05, 3.63) is 105 Å². The highest BCUT2D eigenvalue weighted by Crippen LogP contribution is 2.42. The summed E-state index contributed by atoms with van der Waals surface area (Å²) in [6.45, 7) is 5.48. The van der Waals surface area contributed by atoms with Crippen LogP contribution in [0.1, 0.15) is 23.6 Å². The minimum atomic E-state index is -4.79. The largest absolute Gasteiger partial charge is 0.490 e. The molecule has 0 spiro atoms. The Bertz CT molecular complexity index is 1530. The number of carbonyl (C=O) groups is 1. The van der Waals surface area contributed by atoms with Gasteiger partial charge < -0.3 is 14.8 Å². The molecule has 0 saturated heterocycles. The number of nitrogens with one attached hydrogen (secondary N) is 1. The van der Waals surface area contributed by atoms with Gasteiger partial charge in [0, 0.05) is 22.3 Å². The molecule has 12 heteroatoms. The van der Waals surface area contributed by atoms with E-state index in [0.717, 1.165) is 6.07 Å². The molecule has 1 N–H and O–H groups in total. The molecule has 0 fully saturated rings. The Labute approximate surface area is 232 Å². The third-order valence-corrected chi connectivity index (χ3v) is 5.51. The summed E-state index contributed by atoms with van der Waals surface area (Å²) in [5, 5.41) is 24.2. The number of nitro groups is 1. The van der Waals surface area contributed by atoms with Crippen LogP contribution in [0.15, 0.2) is 72.8 Å². The maximum atomic E-state index is 13.1. The number of hydrogen-bond donors (Lipinski definition) is 1. The average Bonchev–Trinajstić information content (AvgIpc) is 2.88. The van der Waals surface area contributed by atoms with Crippen LogP contribution < -0.4 is 14.8 Å². The minimum absolute atomic E-state index is 0.00338. The van der Waals surface area contributed by atoms with Crippen LogP contribution in [0.4, 0.5) is 24.5 Å². The Hall–Kier alpha value is -4.82. The molecule has 0 heterocycles. The summed E-state index contributed by atoms with van der Waals surface area (Å²) >= 11 is 5.94. The van der Waals surface area contributed by atoms with Gasteiger partial charge in [0.25, 0.3) is 5.91 Å². The topological polar surface area (TPSA) is 114 Å². The molecular formula is C28H21ClF3N3O5. The van der Waals surface area contributed by atoms with Crippen LogP contribution in [0.2, 0.25) is 5.02 Å². The van der Waals surface area contributed by atoms with E-state index < -0.39 is 34.0 Å². The minimum Gasteiger partial charge on any atom is -0.490 e. The first-order chi connectivity index (χ1) is 19.0. The maximum absolute atomic E-state index is 13.1. The Morgan fingerprint density at radius 2 is 1.95 bits per heavy atom. The predicted octanol–water partition coefficient (Wildman–Crippen LogP) is 7.73. The van der Waals surface area contributed by atoms with Gasteiger partial charge in [-0.15, -0.1) is 6.58 Å². The first kappa shape index (κ1) is 29.7. The molecular weight excluding hydrogens is 551 g/mol. The monoisotopic (exact) mass is 571 g/mol. The summed E-state index contributed by atoms with van der Waals surface area (Å²) in [4.78, 5) is 23.3. The van der Waals surface area contributed by atoms with Crippen molar-refractivity contribution in [2.75, 3.05) is 11.9 Å². The summed E-state index contributed by atoms with van der Waals surface area (Å²) < 4.78 is 50.8. The van der Waals surface area contributed by atoms with E-state index in [1.165, 1.54) is 24.3 Å². The van der Waals surface area contributed by atoms with Crippen molar-refractivity contribution >= 4 is 35.0 Å². The molecule has 0 bridgehead atoms. The predicted molar refractivity (Wildman–Crippen MR) is 143 cm³/mol. The number of halogens is 4. The quantitative estimate of drug-likeness (QED) is 0.0875. The highest BCUT2D eigenvalue weighted by Gasteiger charge is 2.33. The third-order valence-electron chi connectivity index (χ3n) is 5.27. The van der Waals surface area contributed by atoms with Crippen molar-refractivity contribution in [3.8, 4) is 23.3 Å². The lowest BCUT2D eigenvalue weighted by Gasteiger charge is -2.17. The number of amides is 1. The van der Waals surface area contributed by atoms with Crippen LogP contribution >= 0.6 is 11.6 Å². The third kappa shape index (κ3) is 7.39. The van der Waals surface area contributed by atoms with Crippen molar-refractivity contribution in [1.29, 1.82) is 5.26 Å². The van der Waals surface area contributed by atoms with E-state index in [2.05, 4.69) is 11.9 Å². The van der Waals surface area contributed by atoms with Crippen LogP contribution in [-0.4, -0.2) is 17.4 Å². The number of nitriles is 1. The van der Waals surface area contributed by atoms with Crippen molar-refractivity contribution < 1.29 is 32.4 Å². The molecule has 0 aliphatic heterocycles. The number of alkyl halides is 3. The van der Waals surface area contributed by atoms with Gasteiger partial charge in [-0.05, 0) is 67.4 Å². The second kappa shape index (κ2) is 12.8. The number of carbonyl (C=O) groups excluding carboxylic acids is 1. The van der Waals surface area contributed by atoms with Crippen molar-refractivity contribution in [2.45, 2.75) is 19.5 Å². The lowest BCUT2D eigenvalue weighted by molar-refractivity contribution is -0.385. The number of nitrogens with zero attached hydrogens (tertiary/aromatic N) is 2. The van der Waals surface area contributed by atoms with Gasteiger partial charge in [0.05, 0.1) is 17.1 Å². The molecule has 206 valence electrons. The van der Waals surface area contributed by atoms with Gasteiger partial charge in [-0.3, -0.25) is 14.9 Å². The molecule has 0 aromatic heterocycles. The van der Waals surface area contributed by atoms with Gasteiger partial charge in [0.1, 0.15) is 11.6 Å². The fourth-order valence-corrected chi connectivity index (χ4v) is 3.76. The van der Waals surface area contributed by atoms with E-state index >= 15 is 0 Å². The molecule has 8 nitrogen and oxygen atoms in total. The van der Waals surface area contributed by atoms with Crippen LogP contribution in [-0.2, 0) is 17.4 Å². The second-order valence-corrected chi connectivity index (χ2v) is 8.54. The molecule has 1 amide bonds. The molecule has 3 rings (SSSR count). The average molecular weight is 572 g/mol. The fraction of sp³-hybridized carbons (Fsp3) is 0.143. The van der Waals surface area contributed by atoms with E-state index in [1.807, 2.05) is 6.07 Å². The normalized spacial score (nSPS) is 11.3. The summed E-state index contributed by atoms with van der Waals surface area (Å²) in [7, 11) is 0. The van der Waals surface area contributed by atoms with E-state index in [-0.39, 0.29) is 30.1 Å². The molecule has 0 atom stereocenters. The zero-order chi connectivity index (χ0) is 29.4. The Morgan fingerprint density at radius 3 is 2.55 bits per heavy atom. The molecule has 40 heavy (non-hydrogen) atoms. The van der Waals surface area contributed by atoms with Crippen molar-refractivity contribution in [3.63, 3.8) is 0 Å². The maximum Gasteiger partial charge on any atom is 0.416 e. The molecule has 0 unspecified atom stereocenters. The summed E-state index contributed by atoms with van der Waals surface area (Å²) in [5.41, 5.74) is -1.23. The molecule has 0 radical (unpaired) electrons. The first-order valence-electron chi connectivity index (χ1n) is 11.6. The standard InChI is InChI=1S/C28H21ClF3N3O5/c1-3-6-18-11-17(12-19(16-33)27(36)34-22-8-5-7-21(29)15-22)13-25(39-4-2)26(18)40-24-10-9-20(28(30,31)32)14-23(24)35(37)38/h3,5,7-15H,1,4,6H2,2H3,(H,34,36)/b19-12+. The van der Waals surface area contributed by atoms with Crippen LogP contribution in [0, 0.1) is 21.4 Å². The number of ether oxygens (including phenoxy) is 2. The number of hydrogen-bond acceptors (Lipinski definition) is 6. The van der Waals surface area contributed by atoms with Gasteiger partial charge in [-0.1, -0.05) is 23.7 Å². The van der Waals surface area contributed by atoms with Gasteiger partial charge in [-0.25, -0.2) is 0 Å².